The molecule has 0 aliphatic rings. The zero-order valence-corrected chi connectivity index (χ0v) is 12.6. The minimum atomic E-state index is -0.378. The van der Waals surface area contributed by atoms with Crippen molar-refractivity contribution in [2.75, 3.05) is 11.9 Å². The van der Waals surface area contributed by atoms with E-state index in [1.165, 1.54) is 18.2 Å². The molecule has 2 aromatic carbocycles. The third-order valence-corrected chi connectivity index (χ3v) is 3.72. The Balaban J connectivity index is 2.01. The molecule has 0 radical (unpaired) electrons. The van der Waals surface area contributed by atoms with Gasteiger partial charge < -0.3 is 5.32 Å². The summed E-state index contributed by atoms with van der Waals surface area (Å²) in [5, 5.41) is 14.0. The van der Waals surface area contributed by atoms with Crippen LogP contribution in [0.2, 0.25) is 0 Å². The first-order valence-electron chi connectivity index (χ1n) is 5.99. The Morgan fingerprint density at radius 2 is 2.00 bits per heavy atom. The number of hydrogen-bond acceptors (Lipinski definition) is 3. The molecule has 0 bridgehead atoms. The molecule has 0 spiro atoms. The highest BCUT2D eigenvalue weighted by Gasteiger charge is 2.11. The average molecular weight is 386 g/mol. The van der Waals surface area contributed by atoms with Gasteiger partial charge in [-0.05, 0) is 47.2 Å². The van der Waals surface area contributed by atoms with Crippen LogP contribution in [0.4, 0.5) is 15.8 Å². The molecular weight excluding hydrogens is 374 g/mol. The maximum Gasteiger partial charge on any atom is 0.272 e. The van der Waals surface area contributed by atoms with Gasteiger partial charge in [0, 0.05) is 27.4 Å². The van der Waals surface area contributed by atoms with Crippen LogP contribution in [-0.4, -0.2) is 11.5 Å². The molecule has 0 saturated heterocycles. The van der Waals surface area contributed by atoms with Crippen molar-refractivity contribution < 1.29 is 9.31 Å². The van der Waals surface area contributed by atoms with Gasteiger partial charge in [-0.25, -0.2) is 4.39 Å². The van der Waals surface area contributed by atoms with E-state index in [9.17, 15) is 14.5 Å². The predicted molar refractivity (Wildman–Crippen MR) is 84.4 cm³/mol. The van der Waals surface area contributed by atoms with E-state index in [0.29, 0.717) is 18.5 Å². The number of nitrogens with one attached hydrogen (secondary N) is 1. The topological polar surface area (TPSA) is 55.2 Å². The number of nitrogens with zero attached hydrogens (tertiary/aromatic N) is 1. The number of benzene rings is 2. The maximum absolute atomic E-state index is 13.0. The lowest BCUT2D eigenvalue weighted by Crippen LogP contribution is -2.07. The Bertz CT molecular complexity index is 634. The highest BCUT2D eigenvalue weighted by atomic mass is 127. The first-order valence-corrected chi connectivity index (χ1v) is 7.07. The molecule has 0 aliphatic carbocycles. The Labute approximate surface area is 129 Å². The van der Waals surface area contributed by atoms with Crippen LogP contribution >= 0.6 is 22.6 Å². The van der Waals surface area contributed by atoms with E-state index in [-0.39, 0.29) is 16.4 Å². The maximum atomic E-state index is 13.0. The van der Waals surface area contributed by atoms with Gasteiger partial charge in [-0.15, -0.1) is 0 Å². The van der Waals surface area contributed by atoms with Crippen LogP contribution in [0, 0.1) is 19.5 Å². The molecule has 6 heteroatoms. The minimum absolute atomic E-state index is 0.128. The summed E-state index contributed by atoms with van der Waals surface area (Å²) in [5.41, 5.74) is 1.64. The molecule has 0 aromatic heterocycles. The molecule has 0 aliphatic heterocycles. The lowest BCUT2D eigenvalue weighted by molar-refractivity contribution is -0.385. The Morgan fingerprint density at radius 1 is 1.25 bits per heavy atom. The van der Waals surface area contributed by atoms with Crippen molar-refractivity contribution in [2.24, 2.45) is 0 Å². The van der Waals surface area contributed by atoms with Crippen molar-refractivity contribution in [2.45, 2.75) is 6.42 Å². The van der Waals surface area contributed by atoms with Crippen LogP contribution in [0.25, 0.3) is 0 Å². The van der Waals surface area contributed by atoms with Gasteiger partial charge in [0.25, 0.3) is 5.69 Å². The second-order valence-corrected chi connectivity index (χ2v) is 5.35. The zero-order valence-electron chi connectivity index (χ0n) is 10.5. The molecule has 2 aromatic rings. The van der Waals surface area contributed by atoms with Gasteiger partial charge in [-0.2, -0.15) is 0 Å². The van der Waals surface area contributed by atoms with Gasteiger partial charge in [-0.3, -0.25) is 10.1 Å². The van der Waals surface area contributed by atoms with Crippen LogP contribution in [0.3, 0.4) is 0 Å². The molecular formula is C14H12FIN2O2. The van der Waals surface area contributed by atoms with Crippen molar-refractivity contribution in [1.82, 2.24) is 0 Å². The molecule has 0 atom stereocenters. The predicted octanol–water partition coefficient (Wildman–Crippen LogP) is 3.99. The van der Waals surface area contributed by atoms with Crippen LogP contribution in [0.1, 0.15) is 5.56 Å². The number of hydrogen-bond donors (Lipinski definition) is 1. The second kappa shape index (κ2) is 6.65. The quantitative estimate of drug-likeness (QED) is 0.480. The van der Waals surface area contributed by atoms with E-state index < -0.39 is 0 Å². The molecule has 0 heterocycles. The number of nitro benzene ring substituents is 1. The minimum Gasteiger partial charge on any atom is -0.384 e. The fraction of sp³-hybridized carbons (Fsp3) is 0.143. The highest BCUT2D eigenvalue weighted by Crippen LogP contribution is 2.21. The van der Waals surface area contributed by atoms with E-state index in [0.717, 1.165) is 9.26 Å². The summed E-state index contributed by atoms with van der Waals surface area (Å²) in [4.78, 5) is 10.5. The standard InChI is InChI=1S/C14H12FIN2O2/c15-11-5-6-13(12(16)9-11)17-8-7-10-3-1-2-4-14(10)18(19)20/h1-6,9,17H,7-8H2. The lowest BCUT2D eigenvalue weighted by atomic mass is 10.1. The van der Waals surface area contributed by atoms with Gasteiger partial charge in [0.15, 0.2) is 0 Å². The molecule has 2 rings (SSSR count). The van der Waals surface area contributed by atoms with Gasteiger partial charge in [-0.1, -0.05) is 18.2 Å². The van der Waals surface area contributed by atoms with Crippen LogP contribution < -0.4 is 5.32 Å². The third-order valence-electron chi connectivity index (χ3n) is 2.83. The smallest absolute Gasteiger partial charge is 0.272 e. The molecule has 0 unspecified atom stereocenters. The third kappa shape index (κ3) is 3.66. The van der Waals surface area contributed by atoms with Crippen LogP contribution in [0.15, 0.2) is 42.5 Å². The number of nitro groups is 1. The normalized spacial score (nSPS) is 10.3. The summed E-state index contributed by atoms with van der Waals surface area (Å²) >= 11 is 2.05. The number of anilines is 1. The number of halogens is 2. The van der Waals surface area contributed by atoms with Crippen molar-refractivity contribution in [1.29, 1.82) is 0 Å². The van der Waals surface area contributed by atoms with Crippen molar-refractivity contribution in [3.8, 4) is 0 Å². The lowest BCUT2D eigenvalue weighted by Gasteiger charge is -2.09. The highest BCUT2D eigenvalue weighted by molar-refractivity contribution is 14.1. The van der Waals surface area contributed by atoms with E-state index in [4.69, 9.17) is 0 Å². The van der Waals surface area contributed by atoms with E-state index >= 15 is 0 Å². The summed E-state index contributed by atoms with van der Waals surface area (Å²) in [6.07, 6.45) is 0.532. The SMILES string of the molecule is O=[N+]([O-])c1ccccc1CCNc1ccc(F)cc1I. The van der Waals surface area contributed by atoms with Crippen molar-refractivity contribution >= 4 is 34.0 Å². The van der Waals surface area contributed by atoms with Crippen LogP contribution in [0.5, 0.6) is 0 Å². The molecule has 0 saturated carbocycles. The zero-order chi connectivity index (χ0) is 14.5. The fourth-order valence-corrected chi connectivity index (χ4v) is 2.53. The molecule has 0 fully saturated rings. The number of para-hydroxylation sites is 1. The molecule has 1 N–H and O–H groups in total. The second-order valence-electron chi connectivity index (χ2n) is 4.19. The fourth-order valence-electron chi connectivity index (χ4n) is 1.87. The largest absolute Gasteiger partial charge is 0.384 e. The first-order chi connectivity index (χ1) is 9.58. The summed E-state index contributed by atoms with van der Waals surface area (Å²) in [7, 11) is 0. The van der Waals surface area contributed by atoms with E-state index in [1.54, 1.807) is 24.3 Å². The monoisotopic (exact) mass is 386 g/mol. The average Bonchev–Trinajstić information content (AvgIpc) is 2.41. The summed E-state index contributed by atoms with van der Waals surface area (Å²) in [5.74, 6) is -0.279. The van der Waals surface area contributed by atoms with E-state index in [2.05, 4.69) is 5.32 Å². The van der Waals surface area contributed by atoms with Crippen molar-refractivity contribution in [3.63, 3.8) is 0 Å². The van der Waals surface area contributed by atoms with Gasteiger partial charge in [0.2, 0.25) is 0 Å². The van der Waals surface area contributed by atoms with Crippen LogP contribution in [-0.2, 0) is 6.42 Å². The Hall–Kier alpha value is -1.70. The van der Waals surface area contributed by atoms with Gasteiger partial charge in [0.1, 0.15) is 5.82 Å². The van der Waals surface area contributed by atoms with E-state index in [1.807, 2.05) is 22.6 Å². The Morgan fingerprint density at radius 3 is 2.70 bits per heavy atom. The molecule has 104 valence electrons. The summed E-state index contributed by atoms with van der Waals surface area (Å²) in [6.45, 7) is 0.548. The van der Waals surface area contributed by atoms with Gasteiger partial charge in [0.05, 0.1) is 4.92 Å². The first kappa shape index (κ1) is 14.7. The summed E-state index contributed by atoms with van der Waals surface area (Å²) in [6, 6.07) is 11.2. The molecule has 20 heavy (non-hydrogen) atoms. The summed E-state index contributed by atoms with van der Waals surface area (Å²) < 4.78 is 13.8. The molecule has 0 amide bonds. The van der Waals surface area contributed by atoms with Gasteiger partial charge >= 0.3 is 0 Å². The van der Waals surface area contributed by atoms with Crippen molar-refractivity contribution in [3.05, 3.63) is 67.5 Å². The Kier molecular flexibility index (Phi) is 4.89. The number of rotatable bonds is 5. The molecule has 4 nitrogen and oxygen atoms in total.